The Bertz CT molecular complexity index is 904. The normalized spacial score (nSPS) is 14.3. The molecule has 8 heteroatoms. The predicted octanol–water partition coefficient (Wildman–Crippen LogP) is 3.27. The summed E-state index contributed by atoms with van der Waals surface area (Å²) in [5.41, 5.74) is 0.735. The number of urea groups is 1. The molecule has 1 N–H and O–H groups in total. The van der Waals surface area contributed by atoms with Crippen molar-refractivity contribution in [2.24, 2.45) is 0 Å². The van der Waals surface area contributed by atoms with E-state index in [-0.39, 0.29) is 6.03 Å². The van der Waals surface area contributed by atoms with E-state index in [1.165, 1.54) is 0 Å². The molecule has 0 radical (unpaired) electrons. The first-order valence-corrected chi connectivity index (χ1v) is 9.09. The van der Waals surface area contributed by atoms with Gasteiger partial charge in [-0.2, -0.15) is 0 Å². The van der Waals surface area contributed by atoms with Crippen molar-refractivity contribution in [2.45, 2.75) is 0 Å². The molecule has 0 unspecified atom stereocenters. The summed E-state index contributed by atoms with van der Waals surface area (Å²) in [5.74, 6) is 1.69. The van der Waals surface area contributed by atoms with Crippen LogP contribution in [0.2, 0.25) is 5.02 Å². The lowest BCUT2D eigenvalue weighted by Gasteiger charge is -2.35. The van der Waals surface area contributed by atoms with Gasteiger partial charge in [-0.3, -0.25) is 0 Å². The van der Waals surface area contributed by atoms with Gasteiger partial charge in [-0.05, 0) is 36.4 Å². The molecule has 1 saturated heterocycles. The maximum atomic E-state index is 12.4. The van der Waals surface area contributed by atoms with Crippen LogP contribution in [0.3, 0.4) is 0 Å². The van der Waals surface area contributed by atoms with Crippen LogP contribution in [0.4, 0.5) is 16.3 Å². The summed E-state index contributed by atoms with van der Waals surface area (Å²) >= 11 is 5.87. The van der Waals surface area contributed by atoms with Gasteiger partial charge < -0.3 is 19.7 Å². The number of nitrogens with one attached hydrogen (secondary N) is 1. The zero-order valence-corrected chi connectivity index (χ0v) is 15.4. The molecule has 7 nitrogen and oxygen atoms in total. The average Bonchev–Trinajstić information content (AvgIpc) is 3.25. The highest BCUT2D eigenvalue weighted by Gasteiger charge is 2.22. The number of rotatable bonds is 3. The molecule has 2 aromatic heterocycles. The van der Waals surface area contributed by atoms with Gasteiger partial charge in [0, 0.05) is 55.3 Å². The van der Waals surface area contributed by atoms with Crippen molar-refractivity contribution in [3.63, 3.8) is 0 Å². The number of halogens is 1. The molecule has 138 valence electrons. The van der Waals surface area contributed by atoms with Crippen molar-refractivity contribution in [3.8, 4) is 5.82 Å². The summed E-state index contributed by atoms with van der Waals surface area (Å²) in [4.78, 5) is 25.1. The van der Waals surface area contributed by atoms with E-state index in [1.807, 2.05) is 35.2 Å². The van der Waals surface area contributed by atoms with E-state index in [0.717, 1.165) is 30.4 Å². The molecule has 3 heterocycles. The van der Waals surface area contributed by atoms with Gasteiger partial charge >= 0.3 is 6.03 Å². The standard InChI is InChI=1S/C19H19ClN6O/c20-15-3-5-16(6-4-15)23-19(27)26-11-9-25(10-12-26)18-13-17(21-14-22-18)24-7-1-2-8-24/h1-8,13-14H,9-12H2,(H,23,27). The lowest BCUT2D eigenvalue weighted by molar-refractivity contribution is 0.208. The molecule has 0 bridgehead atoms. The largest absolute Gasteiger partial charge is 0.353 e. The first-order valence-electron chi connectivity index (χ1n) is 8.71. The second-order valence-electron chi connectivity index (χ2n) is 6.24. The Hall–Kier alpha value is -3.06. The number of benzene rings is 1. The molecule has 0 aliphatic carbocycles. The molecule has 0 saturated carbocycles. The van der Waals surface area contributed by atoms with Gasteiger partial charge in [0.25, 0.3) is 0 Å². The van der Waals surface area contributed by atoms with Gasteiger partial charge in [0.15, 0.2) is 0 Å². The molecule has 0 atom stereocenters. The fourth-order valence-corrected chi connectivity index (χ4v) is 3.14. The van der Waals surface area contributed by atoms with Crippen LogP contribution in [0, 0.1) is 0 Å². The van der Waals surface area contributed by atoms with Crippen LogP contribution in [-0.2, 0) is 0 Å². The van der Waals surface area contributed by atoms with E-state index in [0.29, 0.717) is 18.1 Å². The molecule has 2 amide bonds. The lowest BCUT2D eigenvalue weighted by atomic mass is 10.3. The highest BCUT2D eigenvalue weighted by molar-refractivity contribution is 6.30. The van der Waals surface area contributed by atoms with E-state index in [9.17, 15) is 4.79 Å². The Kier molecular flexibility index (Phi) is 4.93. The number of carbonyl (C=O) groups excluding carboxylic acids is 1. The van der Waals surface area contributed by atoms with Gasteiger partial charge in [0.2, 0.25) is 0 Å². The molecule has 1 aliphatic rings. The van der Waals surface area contributed by atoms with Gasteiger partial charge in [-0.15, -0.1) is 0 Å². The van der Waals surface area contributed by atoms with Crippen LogP contribution in [0.25, 0.3) is 5.82 Å². The van der Waals surface area contributed by atoms with Gasteiger partial charge in [0.1, 0.15) is 18.0 Å². The zero-order valence-electron chi connectivity index (χ0n) is 14.6. The Morgan fingerprint density at radius 3 is 2.33 bits per heavy atom. The molecule has 3 aromatic rings. The van der Waals surface area contributed by atoms with Crippen molar-refractivity contribution in [2.75, 3.05) is 36.4 Å². The topological polar surface area (TPSA) is 66.3 Å². The third-order valence-electron chi connectivity index (χ3n) is 4.49. The summed E-state index contributed by atoms with van der Waals surface area (Å²) in [7, 11) is 0. The van der Waals surface area contributed by atoms with Crippen LogP contribution < -0.4 is 10.2 Å². The highest BCUT2D eigenvalue weighted by Crippen LogP contribution is 2.18. The number of piperazine rings is 1. The predicted molar refractivity (Wildman–Crippen MR) is 106 cm³/mol. The van der Waals surface area contributed by atoms with Crippen molar-refractivity contribution in [3.05, 3.63) is 66.2 Å². The van der Waals surface area contributed by atoms with E-state index >= 15 is 0 Å². The molecule has 27 heavy (non-hydrogen) atoms. The quantitative estimate of drug-likeness (QED) is 0.755. The van der Waals surface area contributed by atoms with Gasteiger partial charge in [-0.1, -0.05) is 11.6 Å². The summed E-state index contributed by atoms with van der Waals surface area (Å²) < 4.78 is 1.95. The Labute approximate surface area is 162 Å². The minimum Gasteiger partial charge on any atom is -0.353 e. The number of carbonyl (C=O) groups is 1. The number of anilines is 2. The van der Waals surface area contributed by atoms with E-state index in [4.69, 9.17) is 11.6 Å². The molecule has 1 aromatic carbocycles. The lowest BCUT2D eigenvalue weighted by Crippen LogP contribution is -2.50. The summed E-state index contributed by atoms with van der Waals surface area (Å²) in [5, 5.41) is 3.55. The minimum absolute atomic E-state index is 0.104. The van der Waals surface area contributed by atoms with Crippen LogP contribution in [0.1, 0.15) is 0 Å². The number of hydrogen-bond acceptors (Lipinski definition) is 4. The van der Waals surface area contributed by atoms with Gasteiger partial charge in [0.05, 0.1) is 0 Å². The zero-order chi connectivity index (χ0) is 18.6. The Balaban J connectivity index is 1.37. The summed E-state index contributed by atoms with van der Waals surface area (Å²) in [6.45, 7) is 2.69. The first kappa shape index (κ1) is 17.4. The number of aromatic nitrogens is 3. The fourth-order valence-electron chi connectivity index (χ4n) is 3.01. The number of amides is 2. The van der Waals surface area contributed by atoms with E-state index in [1.54, 1.807) is 35.5 Å². The summed E-state index contributed by atoms with van der Waals surface area (Å²) in [6, 6.07) is 12.9. The number of hydrogen-bond donors (Lipinski definition) is 1. The van der Waals surface area contributed by atoms with Gasteiger partial charge in [-0.25, -0.2) is 14.8 Å². The molecular weight excluding hydrogens is 364 g/mol. The average molecular weight is 383 g/mol. The van der Waals surface area contributed by atoms with Crippen LogP contribution in [-0.4, -0.2) is 51.6 Å². The third-order valence-corrected chi connectivity index (χ3v) is 4.75. The van der Waals surface area contributed by atoms with Crippen LogP contribution in [0.15, 0.2) is 61.2 Å². The molecule has 0 spiro atoms. The number of nitrogens with zero attached hydrogens (tertiary/aromatic N) is 5. The molecule has 1 aliphatic heterocycles. The Morgan fingerprint density at radius 1 is 0.963 bits per heavy atom. The fraction of sp³-hybridized carbons (Fsp3) is 0.211. The monoisotopic (exact) mass is 382 g/mol. The SMILES string of the molecule is O=C(Nc1ccc(Cl)cc1)N1CCN(c2cc(-n3cccc3)ncn2)CC1. The highest BCUT2D eigenvalue weighted by atomic mass is 35.5. The maximum Gasteiger partial charge on any atom is 0.321 e. The van der Waals surface area contributed by atoms with E-state index < -0.39 is 0 Å². The van der Waals surface area contributed by atoms with Crippen molar-refractivity contribution < 1.29 is 4.79 Å². The van der Waals surface area contributed by atoms with Crippen LogP contribution in [0.5, 0.6) is 0 Å². The Morgan fingerprint density at radius 2 is 1.63 bits per heavy atom. The second kappa shape index (κ2) is 7.67. The maximum absolute atomic E-state index is 12.4. The molecule has 1 fully saturated rings. The molecule has 4 rings (SSSR count). The molecular formula is C19H19ClN6O. The van der Waals surface area contributed by atoms with Crippen molar-refractivity contribution >= 4 is 29.1 Å². The first-order chi connectivity index (χ1) is 13.2. The van der Waals surface area contributed by atoms with Crippen molar-refractivity contribution in [1.82, 2.24) is 19.4 Å². The van der Waals surface area contributed by atoms with Crippen LogP contribution >= 0.6 is 11.6 Å². The minimum atomic E-state index is -0.104. The van der Waals surface area contributed by atoms with E-state index in [2.05, 4.69) is 20.2 Å². The smallest absolute Gasteiger partial charge is 0.321 e. The van der Waals surface area contributed by atoms with Crippen molar-refractivity contribution in [1.29, 1.82) is 0 Å². The third kappa shape index (κ3) is 4.03. The summed E-state index contributed by atoms with van der Waals surface area (Å²) in [6.07, 6.45) is 5.47. The second-order valence-corrected chi connectivity index (χ2v) is 6.67.